The monoisotopic (exact) mass is 323 g/mol. The van der Waals surface area contributed by atoms with Crippen LogP contribution < -0.4 is 5.56 Å². The predicted molar refractivity (Wildman–Crippen MR) is 89.4 cm³/mol. The van der Waals surface area contributed by atoms with Crippen LogP contribution in [0.5, 0.6) is 0 Å². The molecule has 0 saturated carbocycles. The minimum Gasteiger partial charge on any atom is -0.442 e. The van der Waals surface area contributed by atoms with Crippen molar-refractivity contribution in [1.29, 1.82) is 0 Å². The summed E-state index contributed by atoms with van der Waals surface area (Å²) in [6.45, 7) is 1.67. The molecule has 3 rings (SSSR count). The number of rotatable bonds is 5. The Labute approximate surface area is 138 Å². The first kappa shape index (κ1) is 15.9. The first-order valence-corrected chi connectivity index (χ1v) is 7.75. The van der Waals surface area contributed by atoms with Crippen molar-refractivity contribution in [2.75, 3.05) is 0 Å². The molecule has 1 atom stereocenters. The van der Waals surface area contributed by atoms with Crippen molar-refractivity contribution < 1.29 is 9.53 Å². The second-order valence-electron chi connectivity index (χ2n) is 5.38. The molecule has 0 aliphatic rings. The average Bonchev–Trinajstić information content (AvgIpc) is 2.63. The Kier molecular flexibility index (Phi) is 4.65. The number of ether oxygens (including phenoxy) is 1. The van der Waals surface area contributed by atoms with Crippen LogP contribution in [0.3, 0.4) is 0 Å². The zero-order valence-electron chi connectivity index (χ0n) is 13.3. The third-order valence-electron chi connectivity index (χ3n) is 3.85. The topological polar surface area (TPSA) is 74.1 Å². The molecular weight excluding hydrogens is 306 g/mol. The number of fused-ring (bicyclic) bond motifs is 1. The predicted octanol–water partition coefficient (Wildman–Crippen LogP) is 2.49. The standard InChI is InChI=1S/C18H17N3O3/c1-2-14(13-8-4-3-5-9-13)18(23)24-12-21-17(22)15-10-6-7-11-16(15)19-20-21/h3-11,14H,2,12H2,1H3/t14-/m0/s1. The van der Waals surface area contributed by atoms with Gasteiger partial charge in [-0.25, -0.2) is 0 Å². The molecule has 0 bridgehead atoms. The minimum absolute atomic E-state index is 0.251. The number of benzene rings is 2. The van der Waals surface area contributed by atoms with E-state index in [0.29, 0.717) is 17.3 Å². The lowest BCUT2D eigenvalue weighted by Gasteiger charge is -2.14. The maximum atomic E-state index is 12.3. The van der Waals surface area contributed by atoms with Crippen molar-refractivity contribution in [3.8, 4) is 0 Å². The number of nitrogens with zero attached hydrogens (tertiary/aromatic N) is 3. The molecule has 0 fully saturated rings. The molecule has 6 heteroatoms. The molecule has 24 heavy (non-hydrogen) atoms. The van der Waals surface area contributed by atoms with Crippen LogP contribution in [0, 0.1) is 0 Å². The van der Waals surface area contributed by atoms with Crippen molar-refractivity contribution in [3.63, 3.8) is 0 Å². The van der Waals surface area contributed by atoms with Crippen LogP contribution in [0.25, 0.3) is 10.9 Å². The number of esters is 1. The van der Waals surface area contributed by atoms with Gasteiger partial charge in [0.2, 0.25) is 0 Å². The molecule has 3 aromatic rings. The molecule has 0 radical (unpaired) electrons. The number of carbonyl (C=O) groups is 1. The van der Waals surface area contributed by atoms with Crippen molar-refractivity contribution >= 4 is 16.9 Å². The zero-order chi connectivity index (χ0) is 16.9. The number of hydrogen-bond donors (Lipinski definition) is 0. The van der Waals surface area contributed by atoms with Crippen LogP contribution in [-0.4, -0.2) is 21.0 Å². The van der Waals surface area contributed by atoms with Gasteiger partial charge in [0.1, 0.15) is 5.52 Å². The second-order valence-corrected chi connectivity index (χ2v) is 5.38. The van der Waals surface area contributed by atoms with E-state index in [9.17, 15) is 9.59 Å². The fraction of sp³-hybridized carbons (Fsp3) is 0.222. The van der Waals surface area contributed by atoms with E-state index in [4.69, 9.17) is 4.74 Å². The van der Waals surface area contributed by atoms with Gasteiger partial charge in [0.15, 0.2) is 6.73 Å². The van der Waals surface area contributed by atoms with E-state index in [0.717, 1.165) is 10.2 Å². The highest BCUT2D eigenvalue weighted by Gasteiger charge is 2.20. The average molecular weight is 323 g/mol. The molecule has 0 amide bonds. The molecule has 0 aliphatic carbocycles. The summed E-state index contributed by atoms with van der Waals surface area (Å²) < 4.78 is 6.34. The van der Waals surface area contributed by atoms with Gasteiger partial charge in [-0.3, -0.25) is 9.59 Å². The Balaban J connectivity index is 1.77. The fourth-order valence-corrected chi connectivity index (χ4v) is 2.56. The number of carbonyl (C=O) groups excluding carboxylic acids is 1. The summed E-state index contributed by atoms with van der Waals surface area (Å²) >= 11 is 0. The van der Waals surface area contributed by atoms with Gasteiger partial charge < -0.3 is 4.74 Å². The third-order valence-corrected chi connectivity index (χ3v) is 3.85. The van der Waals surface area contributed by atoms with Crippen LogP contribution in [-0.2, 0) is 16.3 Å². The van der Waals surface area contributed by atoms with Gasteiger partial charge in [0.05, 0.1) is 11.3 Å². The number of hydrogen-bond acceptors (Lipinski definition) is 5. The maximum absolute atomic E-state index is 12.3. The van der Waals surface area contributed by atoms with Gasteiger partial charge in [-0.15, -0.1) is 5.10 Å². The molecule has 122 valence electrons. The van der Waals surface area contributed by atoms with Crippen molar-refractivity contribution in [2.24, 2.45) is 0 Å². The van der Waals surface area contributed by atoms with Crippen molar-refractivity contribution in [2.45, 2.75) is 26.0 Å². The van der Waals surface area contributed by atoms with E-state index in [-0.39, 0.29) is 24.2 Å². The quantitative estimate of drug-likeness (QED) is 0.674. The van der Waals surface area contributed by atoms with E-state index in [2.05, 4.69) is 10.3 Å². The van der Waals surface area contributed by atoms with Crippen LogP contribution in [0.1, 0.15) is 24.8 Å². The first-order valence-electron chi connectivity index (χ1n) is 7.75. The molecule has 2 aromatic carbocycles. The summed E-state index contributed by atoms with van der Waals surface area (Å²) in [5.74, 6) is -0.749. The van der Waals surface area contributed by atoms with E-state index in [1.807, 2.05) is 37.3 Å². The first-order chi connectivity index (χ1) is 11.7. The highest BCUT2D eigenvalue weighted by molar-refractivity contribution is 5.78. The van der Waals surface area contributed by atoms with E-state index < -0.39 is 0 Å². The van der Waals surface area contributed by atoms with E-state index >= 15 is 0 Å². The van der Waals surface area contributed by atoms with Gasteiger partial charge in [-0.05, 0) is 24.1 Å². The summed E-state index contributed by atoms with van der Waals surface area (Å²) in [5, 5.41) is 8.22. The lowest BCUT2D eigenvalue weighted by molar-refractivity contribution is -0.150. The highest BCUT2D eigenvalue weighted by Crippen LogP contribution is 2.20. The zero-order valence-corrected chi connectivity index (χ0v) is 13.3. The molecule has 1 aromatic heterocycles. The second kappa shape index (κ2) is 7.04. The lowest BCUT2D eigenvalue weighted by Crippen LogP contribution is -2.27. The number of aromatic nitrogens is 3. The summed E-state index contributed by atoms with van der Waals surface area (Å²) in [6, 6.07) is 16.3. The molecule has 6 nitrogen and oxygen atoms in total. The van der Waals surface area contributed by atoms with Crippen LogP contribution in [0.15, 0.2) is 59.4 Å². The highest BCUT2D eigenvalue weighted by atomic mass is 16.5. The maximum Gasteiger partial charge on any atom is 0.315 e. The van der Waals surface area contributed by atoms with Crippen LogP contribution >= 0.6 is 0 Å². The van der Waals surface area contributed by atoms with E-state index in [1.165, 1.54) is 0 Å². The van der Waals surface area contributed by atoms with Crippen molar-refractivity contribution in [1.82, 2.24) is 15.0 Å². The van der Waals surface area contributed by atoms with Crippen LogP contribution in [0.4, 0.5) is 0 Å². The molecule has 0 aliphatic heterocycles. The largest absolute Gasteiger partial charge is 0.442 e. The summed E-state index contributed by atoms with van der Waals surface area (Å²) in [4.78, 5) is 24.7. The Morgan fingerprint density at radius 3 is 2.58 bits per heavy atom. The molecule has 0 spiro atoms. The Hall–Kier alpha value is -3.02. The SMILES string of the molecule is CC[C@H](C(=O)OCn1nnc2ccccc2c1=O)c1ccccc1. The normalized spacial score (nSPS) is 12.0. The summed E-state index contributed by atoms with van der Waals surface area (Å²) in [5.41, 5.74) is 1.07. The Morgan fingerprint density at radius 2 is 1.83 bits per heavy atom. The van der Waals surface area contributed by atoms with Gasteiger partial charge in [0, 0.05) is 0 Å². The van der Waals surface area contributed by atoms with Crippen molar-refractivity contribution in [3.05, 3.63) is 70.5 Å². The van der Waals surface area contributed by atoms with Crippen LogP contribution in [0.2, 0.25) is 0 Å². The fourth-order valence-electron chi connectivity index (χ4n) is 2.56. The third kappa shape index (κ3) is 3.17. The Morgan fingerprint density at radius 1 is 1.12 bits per heavy atom. The molecule has 1 heterocycles. The molecule has 0 saturated heterocycles. The lowest BCUT2D eigenvalue weighted by atomic mass is 9.97. The Bertz CT molecular complexity index is 906. The smallest absolute Gasteiger partial charge is 0.315 e. The summed E-state index contributed by atoms with van der Waals surface area (Å²) in [6.07, 6.45) is 0.612. The molecule has 0 N–H and O–H groups in total. The summed E-state index contributed by atoms with van der Waals surface area (Å²) in [7, 11) is 0. The van der Waals surface area contributed by atoms with Gasteiger partial charge in [-0.1, -0.05) is 54.6 Å². The van der Waals surface area contributed by atoms with Gasteiger partial charge >= 0.3 is 5.97 Å². The van der Waals surface area contributed by atoms with Gasteiger partial charge in [0.25, 0.3) is 5.56 Å². The minimum atomic E-state index is -0.384. The molecular formula is C18H17N3O3. The molecule has 0 unspecified atom stereocenters. The van der Waals surface area contributed by atoms with Gasteiger partial charge in [-0.2, -0.15) is 4.68 Å². The van der Waals surface area contributed by atoms with E-state index in [1.54, 1.807) is 24.3 Å².